The van der Waals surface area contributed by atoms with Gasteiger partial charge in [0, 0.05) is 17.1 Å². The first-order valence-corrected chi connectivity index (χ1v) is 7.90. The molecule has 1 N–H and O–H groups in total. The van der Waals surface area contributed by atoms with Crippen molar-refractivity contribution in [3.05, 3.63) is 17.5 Å². The highest BCUT2D eigenvalue weighted by Gasteiger charge is 2.18. The van der Waals surface area contributed by atoms with Crippen molar-refractivity contribution in [2.45, 2.75) is 45.3 Å². The quantitative estimate of drug-likeness (QED) is 0.450. The van der Waals surface area contributed by atoms with Gasteiger partial charge in [-0.1, -0.05) is 18.7 Å². The average Bonchev–Trinajstić information content (AvgIpc) is 2.37. The SMILES string of the molecule is CCNC(CCSc1nc(C)cc(C)n1)C(=O)OCC. The number of ether oxygens (including phenoxy) is 1. The molecule has 112 valence electrons. The topological polar surface area (TPSA) is 64.1 Å². The Labute approximate surface area is 124 Å². The van der Waals surface area contributed by atoms with Gasteiger partial charge in [0.1, 0.15) is 6.04 Å². The second-order valence-electron chi connectivity index (χ2n) is 4.43. The van der Waals surface area contributed by atoms with Crippen LogP contribution in [0.2, 0.25) is 0 Å². The van der Waals surface area contributed by atoms with Gasteiger partial charge in [-0.25, -0.2) is 9.97 Å². The number of aryl methyl sites for hydroxylation is 2. The minimum absolute atomic E-state index is 0.184. The van der Waals surface area contributed by atoms with Crippen LogP contribution >= 0.6 is 11.8 Å². The van der Waals surface area contributed by atoms with E-state index in [9.17, 15) is 4.79 Å². The molecule has 0 aliphatic carbocycles. The lowest BCUT2D eigenvalue weighted by atomic mass is 10.2. The molecule has 0 saturated heterocycles. The Kier molecular flexibility index (Phi) is 7.54. The summed E-state index contributed by atoms with van der Waals surface area (Å²) in [6.45, 7) is 8.87. The second-order valence-corrected chi connectivity index (χ2v) is 5.49. The molecule has 1 rings (SSSR count). The van der Waals surface area contributed by atoms with Crippen molar-refractivity contribution in [1.82, 2.24) is 15.3 Å². The molecule has 0 bridgehead atoms. The number of thioether (sulfide) groups is 1. The highest BCUT2D eigenvalue weighted by Crippen LogP contribution is 2.16. The van der Waals surface area contributed by atoms with Gasteiger partial charge >= 0.3 is 5.97 Å². The first kappa shape index (κ1) is 16.9. The van der Waals surface area contributed by atoms with Gasteiger partial charge < -0.3 is 10.1 Å². The molecule has 0 radical (unpaired) electrons. The summed E-state index contributed by atoms with van der Waals surface area (Å²) < 4.78 is 5.06. The minimum atomic E-state index is -0.252. The van der Waals surface area contributed by atoms with Gasteiger partial charge in [-0.2, -0.15) is 0 Å². The molecule has 6 heteroatoms. The predicted octanol–water partition coefficient (Wildman–Crippen LogP) is 2.12. The average molecular weight is 297 g/mol. The van der Waals surface area contributed by atoms with E-state index in [-0.39, 0.29) is 12.0 Å². The van der Waals surface area contributed by atoms with E-state index < -0.39 is 0 Å². The lowest BCUT2D eigenvalue weighted by molar-refractivity contribution is -0.145. The Morgan fingerprint density at radius 2 is 2.00 bits per heavy atom. The third-order valence-electron chi connectivity index (χ3n) is 2.62. The number of nitrogens with one attached hydrogen (secondary N) is 1. The van der Waals surface area contributed by atoms with E-state index in [1.165, 1.54) is 0 Å². The number of aromatic nitrogens is 2. The minimum Gasteiger partial charge on any atom is -0.465 e. The number of esters is 1. The van der Waals surface area contributed by atoms with Crippen molar-refractivity contribution in [1.29, 1.82) is 0 Å². The zero-order chi connectivity index (χ0) is 15.0. The molecular formula is C14H23N3O2S. The molecule has 1 unspecified atom stereocenters. The number of carbonyl (C=O) groups excluding carboxylic acids is 1. The third-order valence-corrected chi connectivity index (χ3v) is 3.50. The number of hydrogen-bond acceptors (Lipinski definition) is 6. The zero-order valence-corrected chi connectivity index (χ0v) is 13.4. The van der Waals surface area contributed by atoms with E-state index in [1.807, 2.05) is 33.8 Å². The maximum absolute atomic E-state index is 11.8. The largest absolute Gasteiger partial charge is 0.465 e. The van der Waals surface area contributed by atoms with E-state index in [2.05, 4.69) is 15.3 Å². The number of nitrogens with zero attached hydrogens (tertiary/aromatic N) is 2. The van der Waals surface area contributed by atoms with Gasteiger partial charge in [0.2, 0.25) is 0 Å². The van der Waals surface area contributed by atoms with Crippen LogP contribution in [0.5, 0.6) is 0 Å². The van der Waals surface area contributed by atoms with Crippen molar-refractivity contribution in [2.24, 2.45) is 0 Å². The summed E-state index contributed by atoms with van der Waals surface area (Å²) in [5.74, 6) is 0.593. The summed E-state index contributed by atoms with van der Waals surface area (Å²) in [5, 5.41) is 3.91. The normalized spacial score (nSPS) is 12.2. The Balaban J connectivity index is 2.49. The first-order chi connectivity index (χ1) is 9.56. The van der Waals surface area contributed by atoms with Crippen LogP contribution in [0, 0.1) is 13.8 Å². The molecule has 0 saturated carbocycles. The highest BCUT2D eigenvalue weighted by atomic mass is 32.2. The molecule has 1 atom stereocenters. The predicted molar refractivity (Wildman–Crippen MR) is 80.9 cm³/mol. The fourth-order valence-electron chi connectivity index (χ4n) is 1.82. The van der Waals surface area contributed by atoms with Crippen LogP contribution in [0.4, 0.5) is 0 Å². The molecule has 1 aromatic rings. The molecule has 0 aliphatic rings. The summed E-state index contributed by atoms with van der Waals surface area (Å²) in [6.07, 6.45) is 0.702. The standard InChI is InChI=1S/C14H23N3O2S/c1-5-15-12(13(18)19-6-2)7-8-20-14-16-10(3)9-11(4)17-14/h9,12,15H,5-8H2,1-4H3. The summed E-state index contributed by atoms with van der Waals surface area (Å²) in [6, 6.07) is 1.70. The van der Waals surface area contributed by atoms with Crippen molar-refractivity contribution >= 4 is 17.7 Å². The van der Waals surface area contributed by atoms with Crippen LogP contribution in [0.3, 0.4) is 0 Å². The molecule has 1 aromatic heterocycles. The zero-order valence-electron chi connectivity index (χ0n) is 12.6. The molecule has 0 fully saturated rings. The summed E-state index contributed by atoms with van der Waals surface area (Å²) >= 11 is 1.57. The van der Waals surface area contributed by atoms with Gasteiger partial charge in [0.05, 0.1) is 6.61 Å². The number of likely N-dealkylation sites (N-methyl/N-ethyl adjacent to an activating group) is 1. The van der Waals surface area contributed by atoms with Gasteiger partial charge in [-0.3, -0.25) is 4.79 Å². The van der Waals surface area contributed by atoms with Crippen LogP contribution in [-0.2, 0) is 9.53 Å². The van der Waals surface area contributed by atoms with Crippen LogP contribution in [0.15, 0.2) is 11.2 Å². The molecule has 0 aromatic carbocycles. The smallest absolute Gasteiger partial charge is 0.323 e. The van der Waals surface area contributed by atoms with E-state index in [1.54, 1.807) is 11.8 Å². The lowest BCUT2D eigenvalue weighted by Crippen LogP contribution is -2.38. The molecule has 0 aliphatic heterocycles. The van der Waals surface area contributed by atoms with Crippen LogP contribution in [-0.4, -0.2) is 40.9 Å². The van der Waals surface area contributed by atoms with Crippen molar-refractivity contribution in [3.8, 4) is 0 Å². The van der Waals surface area contributed by atoms with Crippen molar-refractivity contribution in [2.75, 3.05) is 18.9 Å². The summed E-state index contributed by atoms with van der Waals surface area (Å²) in [5.41, 5.74) is 1.93. The van der Waals surface area contributed by atoms with Gasteiger partial charge in [0.25, 0.3) is 0 Å². The maximum atomic E-state index is 11.8. The van der Waals surface area contributed by atoms with E-state index in [0.29, 0.717) is 13.0 Å². The molecule has 20 heavy (non-hydrogen) atoms. The molecule has 0 spiro atoms. The van der Waals surface area contributed by atoms with E-state index in [0.717, 1.165) is 28.8 Å². The third kappa shape index (κ3) is 5.88. The van der Waals surface area contributed by atoms with Gasteiger partial charge in [0.15, 0.2) is 5.16 Å². The molecule has 1 heterocycles. The maximum Gasteiger partial charge on any atom is 0.323 e. The van der Waals surface area contributed by atoms with E-state index in [4.69, 9.17) is 4.74 Å². The molecular weight excluding hydrogens is 274 g/mol. The Morgan fingerprint density at radius 1 is 1.35 bits per heavy atom. The fourth-order valence-corrected chi connectivity index (χ4v) is 2.77. The lowest BCUT2D eigenvalue weighted by Gasteiger charge is -2.15. The summed E-state index contributed by atoms with van der Waals surface area (Å²) in [4.78, 5) is 20.5. The molecule has 5 nitrogen and oxygen atoms in total. The Hall–Kier alpha value is -1.14. The first-order valence-electron chi connectivity index (χ1n) is 6.91. The van der Waals surface area contributed by atoms with Crippen molar-refractivity contribution < 1.29 is 9.53 Å². The fraction of sp³-hybridized carbons (Fsp3) is 0.643. The number of carbonyl (C=O) groups is 1. The monoisotopic (exact) mass is 297 g/mol. The Morgan fingerprint density at radius 3 is 2.55 bits per heavy atom. The number of rotatable bonds is 8. The van der Waals surface area contributed by atoms with Crippen LogP contribution in [0.1, 0.15) is 31.7 Å². The molecule has 0 amide bonds. The Bertz CT molecular complexity index is 420. The van der Waals surface area contributed by atoms with Crippen LogP contribution in [0.25, 0.3) is 0 Å². The van der Waals surface area contributed by atoms with Gasteiger partial charge in [-0.15, -0.1) is 0 Å². The summed E-state index contributed by atoms with van der Waals surface area (Å²) in [7, 11) is 0. The van der Waals surface area contributed by atoms with Gasteiger partial charge in [-0.05, 0) is 39.8 Å². The highest BCUT2D eigenvalue weighted by molar-refractivity contribution is 7.99. The van der Waals surface area contributed by atoms with Crippen LogP contribution < -0.4 is 5.32 Å². The second kappa shape index (κ2) is 8.92. The van der Waals surface area contributed by atoms with E-state index >= 15 is 0 Å². The number of hydrogen-bond donors (Lipinski definition) is 1. The van der Waals surface area contributed by atoms with Crippen molar-refractivity contribution in [3.63, 3.8) is 0 Å².